The van der Waals surface area contributed by atoms with Gasteiger partial charge in [-0.15, -0.1) is 0 Å². The van der Waals surface area contributed by atoms with Crippen LogP contribution in [-0.4, -0.2) is 35.1 Å². The summed E-state index contributed by atoms with van der Waals surface area (Å²) < 4.78 is 9.62. The highest BCUT2D eigenvalue weighted by Gasteiger charge is 2.35. The molecule has 19 heavy (non-hydrogen) atoms. The molecule has 0 saturated heterocycles. The number of hydrogen-bond donors (Lipinski definition) is 1. The molecule has 1 aromatic heterocycles. The third kappa shape index (κ3) is 3.63. The first-order valence-corrected chi connectivity index (χ1v) is 6.38. The normalized spacial score (nSPS) is 10.3. The molecule has 0 radical (unpaired) electrons. The largest absolute Gasteiger partial charge is 0.465 e. The molecule has 0 atom stereocenters. The fourth-order valence-electron chi connectivity index (χ4n) is 1.37. The summed E-state index contributed by atoms with van der Waals surface area (Å²) in [4.78, 5) is 41.3. The van der Waals surface area contributed by atoms with Gasteiger partial charge in [-0.25, -0.2) is 4.98 Å². The average Bonchev–Trinajstić information content (AvgIpc) is 2.35. The van der Waals surface area contributed by atoms with Gasteiger partial charge >= 0.3 is 11.9 Å². The van der Waals surface area contributed by atoms with Crippen LogP contribution >= 0.6 is 15.9 Å². The predicted octanol–water partition coefficient (Wildman–Crippen LogP) is 0.742. The Labute approximate surface area is 117 Å². The Morgan fingerprint density at radius 1 is 1.32 bits per heavy atom. The van der Waals surface area contributed by atoms with Crippen molar-refractivity contribution >= 4 is 27.9 Å². The molecule has 0 aliphatic carbocycles. The van der Waals surface area contributed by atoms with E-state index >= 15 is 0 Å². The molecule has 0 aliphatic rings. The Hall–Kier alpha value is -1.70. The number of carbonyl (C=O) groups is 2. The third-order valence-corrected chi connectivity index (χ3v) is 2.91. The molecular weight excluding hydrogens is 320 g/mol. The second-order valence-electron chi connectivity index (χ2n) is 3.37. The second-order valence-corrected chi connectivity index (χ2v) is 4.16. The number of esters is 2. The Kier molecular flexibility index (Phi) is 5.68. The molecule has 7 nitrogen and oxygen atoms in total. The Morgan fingerprint density at radius 2 is 1.84 bits per heavy atom. The Bertz CT molecular complexity index is 510. The van der Waals surface area contributed by atoms with E-state index in [2.05, 4.69) is 25.9 Å². The molecule has 0 spiro atoms. The standard InChI is InChI=1S/C11H13BrN2O5/c1-3-18-10(16)6(11(17)19-4-2)8-7(12)9(15)14-5-13-8/h5-6H,3-4H2,1-2H3,(H,13,14,15). The summed E-state index contributed by atoms with van der Waals surface area (Å²) in [5.74, 6) is -2.99. The highest BCUT2D eigenvalue weighted by Crippen LogP contribution is 2.22. The summed E-state index contributed by atoms with van der Waals surface area (Å²) >= 11 is 3.00. The number of aromatic nitrogens is 2. The van der Waals surface area contributed by atoms with Gasteiger partial charge in [0, 0.05) is 0 Å². The number of nitrogens with zero attached hydrogens (tertiary/aromatic N) is 1. The Morgan fingerprint density at radius 3 is 2.32 bits per heavy atom. The molecule has 0 aromatic carbocycles. The van der Waals surface area contributed by atoms with Crippen molar-refractivity contribution in [2.45, 2.75) is 19.8 Å². The summed E-state index contributed by atoms with van der Waals surface area (Å²) in [7, 11) is 0. The fourth-order valence-corrected chi connectivity index (χ4v) is 1.81. The van der Waals surface area contributed by atoms with Crippen LogP contribution < -0.4 is 5.56 Å². The summed E-state index contributed by atoms with van der Waals surface area (Å²) in [6.45, 7) is 3.44. The number of carbonyl (C=O) groups excluding carboxylic acids is 2. The number of ether oxygens (including phenoxy) is 2. The number of nitrogens with one attached hydrogen (secondary N) is 1. The predicted molar refractivity (Wildman–Crippen MR) is 68.6 cm³/mol. The summed E-state index contributed by atoms with van der Waals surface area (Å²) in [5.41, 5.74) is -0.524. The topological polar surface area (TPSA) is 98.3 Å². The van der Waals surface area contributed by atoms with E-state index in [1.54, 1.807) is 13.8 Å². The summed E-state index contributed by atoms with van der Waals surface area (Å²) in [5, 5.41) is 0. The van der Waals surface area contributed by atoms with E-state index < -0.39 is 23.4 Å². The zero-order valence-electron chi connectivity index (χ0n) is 10.4. The maximum Gasteiger partial charge on any atom is 0.326 e. The van der Waals surface area contributed by atoms with Gasteiger partial charge in [-0.3, -0.25) is 14.4 Å². The van der Waals surface area contributed by atoms with E-state index in [1.165, 1.54) is 0 Å². The summed E-state index contributed by atoms with van der Waals surface area (Å²) in [6, 6.07) is 0. The zero-order valence-corrected chi connectivity index (χ0v) is 12.0. The summed E-state index contributed by atoms with van der Waals surface area (Å²) in [6.07, 6.45) is 1.11. The van der Waals surface area contributed by atoms with Crippen LogP contribution in [0.15, 0.2) is 15.6 Å². The van der Waals surface area contributed by atoms with Crippen molar-refractivity contribution in [3.63, 3.8) is 0 Å². The van der Waals surface area contributed by atoms with Crippen LogP contribution in [0.2, 0.25) is 0 Å². The SMILES string of the molecule is CCOC(=O)C(C(=O)OCC)c1nc[nH]c(=O)c1Br. The van der Waals surface area contributed by atoms with E-state index in [9.17, 15) is 14.4 Å². The maximum atomic E-state index is 11.8. The molecule has 0 saturated carbocycles. The van der Waals surface area contributed by atoms with Gasteiger partial charge in [0.05, 0.1) is 25.2 Å². The van der Waals surface area contributed by atoms with Crippen LogP contribution in [0.1, 0.15) is 25.5 Å². The molecule has 1 rings (SSSR count). The first kappa shape index (κ1) is 15.4. The molecule has 0 aliphatic heterocycles. The van der Waals surface area contributed by atoms with Gasteiger partial charge in [-0.05, 0) is 29.8 Å². The first-order valence-electron chi connectivity index (χ1n) is 5.59. The van der Waals surface area contributed by atoms with Crippen molar-refractivity contribution in [3.8, 4) is 0 Å². The molecule has 104 valence electrons. The average molecular weight is 333 g/mol. The van der Waals surface area contributed by atoms with E-state index in [0.29, 0.717) is 0 Å². The van der Waals surface area contributed by atoms with E-state index in [-0.39, 0.29) is 23.4 Å². The number of aromatic amines is 1. The molecule has 0 amide bonds. The van der Waals surface area contributed by atoms with Gasteiger partial charge < -0.3 is 14.5 Å². The molecule has 0 unspecified atom stereocenters. The zero-order chi connectivity index (χ0) is 14.4. The minimum absolute atomic E-state index is 0.00102. The smallest absolute Gasteiger partial charge is 0.326 e. The maximum absolute atomic E-state index is 11.8. The monoisotopic (exact) mass is 332 g/mol. The lowest BCUT2D eigenvalue weighted by atomic mass is 10.1. The van der Waals surface area contributed by atoms with Crippen molar-refractivity contribution in [2.24, 2.45) is 0 Å². The molecular formula is C11H13BrN2O5. The van der Waals surface area contributed by atoms with Crippen molar-refractivity contribution in [1.29, 1.82) is 0 Å². The molecule has 1 N–H and O–H groups in total. The molecule has 0 bridgehead atoms. The van der Waals surface area contributed by atoms with Gasteiger partial charge in [0.1, 0.15) is 4.47 Å². The van der Waals surface area contributed by atoms with Crippen molar-refractivity contribution in [2.75, 3.05) is 13.2 Å². The van der Waals surface area contributed by atoms with Gasteiger partial charge in [0.15, 0.2) is 5.92 Å². The van der Waals surface area contributed by atoms with Gasteiger partial charge in [0.2, 0.25) is 0 Å². The quantitative estimate of drug-likeness (QED) is 0.630. The van der Waals surface area contributed by atoms with Crippen molar-refractivity contribution in [3.05, 3.63) is 26.8 Å². The van der Waals surface area contributed by atoms with Crippen LogP contribution in [0.25, 0.3) is 0 Å². The lowest BCUT2D eigenvalue weighted by molar-refractivity contribution is -0.157. The molecule has 1 aromatic rings. The van der Waals surface area contributed by atoms with E-state index in [1.807, 2.05) is 0 Å². The van der Waals surface area contributed by atoms with Crippen molar-refractivity contribution in [1.82, 2.24) is 9.97 Å². The number of rotatable bonds is 5. The first-order chi connectivity index (χ1) is 9.02. The lowest BCUT2D eigenvalue weighted by Gasteiger charge is -2.14. The van der Waals surface area contributed by atoms with Crippen LogP contribution in [0, 0.1) is 0 Å². The van der Waals surface area contributed by atoms with E-state index in [4.69, 9.17) is 9.47 Å². The van der Waals surface area contributed by atoms with Crippen LogP contribution in [0.3, 0.4) is 0 Å². The number of hydrogen-bond acceptors (Lipinski definition) is 6. The minimum Gasteiger partial charge on any atom is -0.465 e. The number of halogens is 1. The Balaban J connectivity index is 3.23. The van der Waals surface area contributed by atoms with Crippen LogP contribution in [-0.2, 0) is 19.1 Å². The number of H-pyrrole nitrogens is 1. The van der Waals surface area contributed by atoms with Crippen LogP contribution in [0.4, 0.5) is 0 Å². The molecule has 8 heteroatoms. The van der Waals surface area contributed by atoms with E-state index in [0.717, 1.165) is 6.33 Å². The van der Waals surface area contributed by atoms with Gasteiger partial charge in [-0.2, -0.15) is 0 Å². The third-order valence-electron chi connectivity index (χ3n) is 2.14. The van der Waals surface area contributed by atoms with Crippen molar-refractivity contribution < 1.29 is 19.1 Å². The lowest BCUT2D eigenvalue weighted by Crippen LogP contribution is -2.29. The highest BCUT2D eigenvalue weighted by molar-refractivity contribution is 9.10. The van der Waals surface area contributed by atoms with Crippen LogP contribution in [0.5, 0.6) is 0 Å². The minimum atomic E-state index is -1.38. The molecule has 0 fully saturated rings. The molecule has 1 heterocycles. The van der Waals surface area contributed by atoms with Gasteiger partial charge in [-0.1, -0.05) is 0 Å². The second kappa shape index (κ2) is 7.03. The van der Waals surface area contributed by atoms with Gasteiger partial charge in [0.25, 0.3) is 5.56 Å². The highest BCUT2D eigenvalue weighted by atomic mass is 79.9. The fraction of sp³-hybridized carbons (Fsp3) is 0.455.